The molecule has 0 saturated carbocycles. The van der Waals surface area contributed by atoms with E-state index in [2.05, 4.69) is 11.8 Å². The van der Waals surface area contributed by atoms with E-state index < -0.39 is 11.9 Å². The monoisotopic (exact) mass is 240 g/mol. The number of carboxylic acids is 1. The summed E-state index contributed by atoms with van der Waals surface area (Å²) < 4.78 is 0. The zero-order chi connectivity index (χ0) is 12.4. The maximum absolute atomic E-state index is 11.7. The average Bonchev–Trinajstić information content (AvgIpc) is 2.87. The predicted octanol–water partition coefficient (Wildman–Crippen LogP) is 0.404. The lowest BCUT2D eigenvalue weighted by Gasteiger charge is -2.27. The van der Waals surface area contributed by atoms with E-state index in [0.29, 0.717) is 19.1 Å². The van der Waals surface area contributed by atoms with Crippen LogP contribution in [0.25, 0.3) is 0 Å². The number of carbonyl (C=O) groups excluding carboxylic acids is 1. The number of aliphatic carboxylic acids is 1. The second-order valence-corrected chi connectivity index (χ2v) is 4.96. The zero-order valence-electron chi connectivity index (χ0n) is 10.3. The van der Waals surface area contributed by atoms with Gasteiger partial charge in [0.05, 0.1) is 5.92 Å². The fraction of sp³-hybridized carbons (Fsp3) is 0.833. The van der Waals surface area contributed by atoms with Gasteiger partial charge in [0.15, 0.2) is 0 Å². The summed E-state index contributed by atoms with van der Waals surface area (Å²) in [6.07, 6.45) is 2.48. The summed E-state index contributed by atoms with van der Waals surface area (Å²) in [5.41, 5.74) is 0. The van der Waals surface area contributed by atoms with Gasteiger partial charge in [-0.05, 0) is 25.9 Å². The minimum atomic E-state index is -0.848. The van der Waals surface area contributed by atoms with Crippen molar-refractivity contribution in [1.82, 2.24) is 9.80 Å². The predicted molar refractivity (Wildman–Crippen MR) is 62.6 cm³/mol. The van der Waals surface area contributed by atoms with Crippen LogP contribution in [0.2, 0.25) is 0 Å². The van der Waals surface area contributed by atoms with E-state index in [-0.39, 0.29) is 12.3 Å². The van der Waals surface area contributed by atoms with Crippen LogP contribution in [0, 0.1) is 5.92 Å². The van der Waals surface area contributed by atoms with Gasteiger partial charge in [-0.25, -0.2) is 0 Å². The van der Waals surface area contributed by atoms with Crippen molar-refractivity contribution in [2.45, 2.75) is 32.2 Å². The maximum atomic E-state index is 11.7. The standard InChI is InChI=1S/C12H20N2O3/c1-2-13-5-3-4-10(13)8-14-7-9(12(16)17)6-11(14)15/h9-10H,2-8H2,1H3,(H,16,17)/t9-,10-/m0/s1. The molecule has 0 aromatic rings. The summed E-state index contributed by atoms with van der Waals surface area (Å²) in [4.78, 5) is 26.7. The van der Waals surface area contributed by atoms with Crippen LogP contribution in [0.3, 0.4) is 0 Å². The second-order valence-electron chi connectivity index (χ2n) is 4.96. The van der Waals surface area contributed by atoms with E-state index in [4.69, 9.17) is 5.11 Å². The molecule has 5 nitrogen and oxygen atoms in total. The molecular formula is C12H20N2O3. The highest BCUT2D eigenvalue weighted by molar-refractivity contribution is 5.86. The Bertz CT molecular complexity index is 319. The van der Waals surface area contributed by atoms with Gasteiger partial charge in [-0.2, -0.15) is 0 Å². The van der Waals surface area contributed by atoms with Gasteiger partial charge in [-0.1, -0.05) is 6.92 Å². The molecule has 5 heteroatoms. The molecule has 2 heterocycles. The van der Waals surface area contributed by atoms with Crippen molar-refractivity contribution in [2.75, 3.05) is 26.2 Å². The van der Waals surface area contributed by atoms with Crippen LogP contribution in [-0.4, -0.2) is 59.0 Å². The Morgan fingerprint density at radius 3 is 2.88 bits per heavy atom. The summed E-state index contributed by atoms with van der Waals surface area (Å²) in [6, 6.07) is 0.427. The van der Waals surface area contributed by atoms with Gasteiger partial charge in [0.2, 0.25) is 5.91 Å². The molecule has 1 amide bonds. The Morgan fingerprint density at radius 1 is 1.53 bits per heavy atom. The fourth-order valence-electron chi connectivity index (χ4n) is 2.89. The minimum absolute atomic E-state index is 0.000327. The molecule has 2 fully saturated rings. The van der Waals surface area contributed by atoms with Gasteiger partial charge in [0, 0.05) is 25.6 Å². The van der Waals surface area contributed by atoms with Gasteiger partial charge in [-0.3, -0.25) is 14.5 Å². The highest BCUT2D eigenvalue weighted by Crippen LogP contribution is 2.23. The van der Waals surface area contributed by atoms with E-state index >= 15 is 0 Å². The van der Waals surface area contributed by atoms with E-state index in [9.17, 15) is 9.59 Å². The van der Waals surface area contributed by atoms with E-state index in [1.165, 1.54) is 6.42 Å². The number of carbonyl (C=O) groups is 2. The van der Waals surface area contributed by atoms with E-state index in [1.807, 2.05) is 0 Å². The molecule has 0 bridgehead atoms. The Kier molecular flexibility index (Phi) is 3.66. The molecule has 2 aliphatic rings. The average molecular weight is 240 g/mol. The quantitative estimate of drug-likeness (QED) is 0.773. The number of amides is 1. The molecule has 0 radical (unpaired) electrons. The Labute approximate surface area is 101 Å². The second kappa shape index (κ2) is 5.04. The highest BCUT2D eigenvalue weighted by atomic mass is 16.4. The Morgan fingerprint density at radius 2 is 2.29 bits per heavy atom. The topological polar surface area (TPSA) is 60.9 Å². The first-order chi connectivity index (χ1) is 8.11. The van der Waals surface area contributed by atoms with Crippen molar-refractivity contribution in [2.24, 2.45) is 5.92 Å². The van der Waals surface area contributed by atoms with Gasteiger partial charge >= 0.3 is 5.97 Å². The molecule has 0 aromatic heterocycles. The van der Waals surface area contributed by atoms with Gasteiger partial charge in [0.25, 0.3) is 0 Å². The molecular weight excluding hydrogens is 220 g/mol. The van der Waals surface area contributed by atoms with Gasteiger partial charge in [0.1, 0.15) is 0 Å². The SMILES string of the molecule is CCN1CCC[C@H]1CN1C[C@@H](C(=O)O)CC1=O. The molecule has 2 aliphatic heterocycles. The normalized spacial score (nSPS) is 30.2. The lowest BCUT2D eigenvalue weighted by Crippen LogP contribution is -2.41. The zero-order valence-corrected chi connectivity index (χ0v) is 10.3. The largest absolute Gasteiger partial charge is 0.481 e. The molecule has 0 aromatic carbocycles. The number of hydrogen-bond acceptors (Lipinski definition) is 3. The Balaban J connectivity index is 1.91. The number of carboxylic acid groups (broad SMARTS) is 1. The molecule has 17 heavy (non-hydrogen) atoms. The summed E-state index contributed by atoms with van der Waals surface area (Å²) in [6.45, 7) is 5.34. The number of rotatable bonds is 4. The van der Waals surface area contributed by atoms with Crippen molar-refractivity contribution in [1.29, 1.82) is 0 Å². The van der Waals surface area contributed by atoms with Gasteiger partial charge in [-0.15, -0.1) is 0 Å². The lowest BCUT2D eigenvalue weighted by molar-refractivity contribution is -0.141. The van der Waals surface area contributed by atoms with E-state index in [1.54, 1.807) is 4.90 Å². The molecule has 96 valence electrons. The molecule has 0 spiro atoms. The third-order valence-electron chi connectivity index (χ3n) is 3.90. The van der Waals surface area contributed by atoms with Gasteiger partial charge < -0.3 is 10.0 Å². The summed E-state index contributed by atoms with van der Waals surface area (Å²) in [7, 11) is 0. The van der Waals surface area contributed by atoms with Crippen LogP contribution >= 0.6 is 0 Å². The van der Waals surface area contributed by atoms with Crippen molar-refractivity contribution in [3.63, 3.8) is 0 Å². The third-order valence-corrected chi connectivity index (χ3v) is 3.90. The van der Waals surface area contributed by atoms with Crippen molar-refractivity contribution >= 4 is 11.9 Å². The molecule has 1 N–H and O–H groups in total. The first-order valence-corrected chi connectivity index (χ1v) is 6.36. The van der Waals surface area contributed by atoms with Crippen LogP contribution in [-0.2, 0) is 9.59 Å². The molecule has 2 saturated heterocycles. The smallest absolute Gasteiger partial charge is 0.308 e. The van der Waals surface area contributed by atoms with E-state index in [0.717, 1.165) is 19.5 Å². The minimum Gasteiger partial charge on any atom is -0.481 e. The van der Waals surface area contributed by atoms with Crippen LogP contribution in [0.1, 0.15) is 26.2 Å². The maximum Gasteiger partial charge on any atom is 0.308 e. The fourth-order valence-corrected chi connectivity index (χ4v) is 2.89. The van der Waals surface area contributed by atoms with Crippen molar-refractivity contribution in [3.05, 3.63) is 0 Å². The molecule has 0 aliphatic carbocycles. The third kappa shape index (κ3) is 2.60. The first-order valence-electron chi connectivity index (χ1n) is 6.36. The lowest BCUT2D eigenvalue weighted by atomic mass is 10.1. The van der Waals surface area contributed by atoms with Crippen LogP contribution < -0.4 is 0 Å². The van der Waals surface area contributed by atoms with Crippen LogP contribution in [0.15, 0.2) is 0 Å². The number of likely N-dealkylation sites (tertiary alicyclic amines) is 2. The summed E-state index contributed by atoms with van der Waals surface area (Å²) in [5, 5.41) is 8.92. The van der Waals surface area contributed by atoms with Crippen molar-refractivity contribution < 1.29 is 14.7 Å². The summed E-state index contributed by atoms with van der Waals surface area (Å²) >= 11 is 0. The Hall–Kier alpha value is -1.10. The number of likely N-dealkylation sites (N-methyl/N-ethyl adjacent to an activating group) is 1. The molecule has 2 atom stereocenters. The van der Waals surface area contributed by atoms with Crippen LogP contribution in [0.5, 0.6) is 0 Å². The first kappa shape index (κ1) is 12.4. The number of hydrogen-bond donors (Lipinski definition) is 1. The highest BCUT2D eigenvalue weighted by Gasteiger charge is 2.36. The van der Waals surface area contributed by atoms with Crippen LogP contribution in [0.4, 0.5) is 0 Å². The van der Waals surface area contributed by atoms with Crippen molar-refractivity contribution in [3.8, 4) is 0 Å². The molecule has 2 rings (SSSR count). The molecule has 0 unspecified atom stereocenters. The number of nitrogens with zero attached hydrogens (tertiary/aromatic N) is 2. The summed E-state index contributed by atoms with van der Waals surface area (Å²) in [5.74, 6) is -1.35.